The molecule has 5 rings (SSSR count). The van der Waals surface area contributed by atoms with Crippen molar-refractivity contribution in [2.75, 3.05) is 43.9 Å². The van der Waals surface area contributed by atoms with E-state index in [1.807, 2.05) is 29.2 Å². The van der Waals surface area contributed by atoms with Crippen LogP contribution in [-0.2, 0) is 16.4 Å². The number of halogens is 2. The number of nitrogens with zero attached hydrogens (tertiary/aromatic N) is 4. The molecule has 0 bridgehead atoms. The summed E-state index contributed by atoms with van der Waals surface area (Å²) >= 11 is 0. The molecule has 2 aliphatic heterocycles. The number of ether oxygens (including phenoxy) is 2. The number of benzene rings is 2. The molecule has 0 aliphatic carbocycles. The first-order chi connectivity index (χ1) is 17.2. The topological polar surface area (TPSA) is 94.0 Å². The number of rotatable bonds is 5. The van der Waals surface area contributed by atoms with Gasteiger partial charge >= 0.3 is 5.56 Å². The smallest absolute Gasteiger partial charge is 0.316 e. The number of sulfonamides is 1. The van der Waals surface area contributed by atoms with E-state index >= 15 is 0 Å². The molecule has 9 nitrogen and oxygen atoms in total. The molecule has 36 heavy (non-hydrogen) atoms. The van der Waals surface area contributed by atoms with Crippen molar-refractivity contribution >= 4 is 15.7 Å². The normalized spacial score (nSPS) is 18.4. The molecule has 0 amide bonds. The lowest BCUT2D eigenvalue weighted by molar-refractivity contribution is 0.110. The van der Waals surface area contributed by atoms with Gasteiger partial charge in [-0.3, -0.25) is 4.79 Å². The Balaban J connectivity index is 1.51. The maximum absolute atomic E-state index is 13.9. The Labute approximate surface area is 206 Å². The number of fused-ring (bicyclic) bond motifs is 1. The molecule has 3 heterocycles. The lowest BCUT2D eigenvalue weighted by atomic mass is 10.0. The van der Waals surface area contributed by atoms with E-state index in [0.717, 1.165) is 34.4 Å². The summed E-state index contributed by atoms with van der Waals surface area (Å²) < 4.78 is 65.8. The van der Waals surface area contributed by atoms with Gasteiger partial charge < -0.3 is 14.4 Å². The third-order valence-corrected chi connectivity index (χ3v) is 7.49. The monoisotopic (exact) mass is 518 g/mol. The summed E-state index contributed by atoms with van der Waals surface area (Å²) in [4.78, 5) is 15.4. The maximum atomic E-state index is 13.9. The van der Waals surface area contributed by atoms with Gasteiger partial charge in [0.05, 0.1) is 18.1 Å². The van der Waals surface area contributed by atoms with Crippen LogP contribution in [0.3, 0.4) is 0 Å². The fraction of sp³-hybridized carbons (Fsp3) is 0.333. The van der Waals surface area contributed by atoms with E-state index in [0.29, 0.717) is 31.3 Å². The molecule has 3 aromatic rings. The maximum Gasteiger partial charge on any atom is 0.316 e. The highest BCUT2D eigenvalue weighted by molar-refractivity contribution is 7.88. The van der Waals surface area contributed by atoms with Crippen molar-refractivity contribution in [3.05, 3.63) is 76.2 Å². The molecule has 1 aromatic heterocycles. The Morgan fingerprint density at radius 3 is 2.44 bits per heavy atom. The number of hydrogen-bond donors (Lipinski definition) is 0. The molecular weight excluding hydrogens is 494 g/mol. The molecule has 0 saturated carbocycles. The summed E-state index contributed by atoms with van der Waals surface area (Å²) in [5.74, 6) is -0.994. The molecule has 190 valence electrons. The molecule has 0 radical (unpaired) electrons. The number of piperazine rings is 1. The molecule has 2 aromatic carbocycles. The van der Waals surface area contributed by atoms with Crippen molar-refractivity contribution in [2.45, 2.75) is 12.5 Å². The van der Waals surface area contributed by atoms with Crippen LogP contribution in [-0.4, -0.2) is 67.6 Å². The average molecular weight is 519 g/mol. The second-order valence-corrected chi connectivity index (χ2v) is 10.7. The molecule has 0 N–H and O–H groups in total. The zero-order valence-corrected chi connectivity index (χ0v) is 20.2. The third kappa shape index (κ3) is 4.91. The summed E-state index contributed by atoms with van der Waals surface area (Å²) in [5, 5.41) is 4.15. The van der Waals surface area contributed by atoms with Crippen molar-refractivity contribution in [1.29, 1.82) is 0 Å². The van der Waals surface area contributed by atoms with Gasteiger partial charge in [0.1, 0.15) is 35.8 Å². The Bertz CT molecular complexity index is 1430. The summed E-state index contributed by atoms with van der Waals surface area (Å²) in [5.41, 5.74) is 0.529. The highest BCUT2D eigenvalue weighted by Gasteiger charge is 2.29. The van der Waals surface area contributed by atoms with Gasteiger partial charge in [-0.2, -0.15) is 14.1 Å². The van der Waals surface area contributed by atoms with E-state index in [2.05, 4.69) is 5.10 Å². The van der Waals surface area contributed by atoms with E-state index < -0.39 is 33.3 Å². The zero-order valence-electron chi connectivity index (χ0n) is 19.4. The van der Waals surface area contributed by atoms with Crippen LogP contribution in [0.25, 0.3) is 5.69 Å². The Kier molecular flexibility index (Phi) is 6.39. The Morgan fingerprint density at radius 1 is 1.06 bits per heavy atom. The molecular formula is C24H24F2N4O5S. The first-order valence-corrected chi connectivity index (χ1v) is 13.2. The SMILES string of the molecule is CS(=O)(=O)N1CCN(c2cnn(-c3cc(F)cc(F)c3)c(=O)c2OC2COc3ccccc3C2)CC1. The highest BCUT2D eigenvalue weighted by Crippen LogP contribution is 2.30. The minimum Gasteiger partial charge on any atom is -0.489 e. The quantitative estimate of drug-likeness (QED) is 0.510. The highest BCUT2D eigenvalue weighted by atomic mass is 32.2. The van der Waals surface area contributed by atoms with Crippen LogP contribution in [0.2, 0.25) is 0 Å². The van der Waals surface area contributed by atoms with Crippen molar-refractivity contribution < 1.29 is 26.7 Å². The summed E-state index contributed by atoms with van der Waals surface area (Å²) in [6, 6.07) is 10.2. The first kappa shape index (κ1) is 24.2. The van der Waals surface area contributed by atoms with Gasteiger partial charge in [-0.1, -0.05) is 18.2 Å². The van der Waals surface area contributed by atoms with Gasteiger partial charge in [-0.05, 0) is 23.8 Å². The number of aromatic nitrogens is 2. The minimum absolute atomic E-state index is 0.0459. The van der Waals surface area contributed by atoms with Gasteiger partial charge in [0.15, 0.2) is 0 Å². The van der Waals surface area contributed by atoms with Gasteiger partial charge in [0.25, 0.3) is 0 Å². The lowest BCUT2D eigenvalue weighted by Gasteiger charge is -2.35. The average Bonchev–Trinajstić information content (AvgIpc) is 2.84. The number of para-hydroxylation sites is 1. The predicted molar refractivity (Wildman–Crippen MR) is 128 cm³/mol. The number of hydrogen-bond acceptors (Lipinski definition) is 7. The van der Waals surface area contributed by atoms with Gasteiger partial charge in [-0.25, -0.2) is 17.2 Å². The van der Waals surface area contributed by atoms with Crippen LogP contribution in [0.4, 0.5) is 14.5 Å². The van der Waals surface area contributed by atoms with E-state index in [-0.39, 0.29) is 31.1 Å². The van der Waals surface area contributed by atoms with Crippen LogP contribution < -0.4 is 19.9 Å². The summed E-state index contributed by atoms with van der Waals surface area (Å²) in [7, 11) is -3.35. The Morgan fingerprint density at radius 2 is 1.75 bits per heavy atom. The van der Waals surface area contributed by atoms with E-state index in [4.69, 9.17) is 9.47 Å². The first-order valence-electron chi connectivity index (χ1n) is 11.4. The fourth-order valence-electron chi connectivity index (χ4n) is 4.41. The molecule has 1 saturated heterocycles. The summed E-state index contributed by atoms with van der Waals surface area (Å²) in [6.07, 6.45) is 2.55. The fourth-order valence-corrected chi connectivity index (χ4v) is 5.24. The Hall–Kier alpha value is -3.51. The van der Waals surface area contributed by atoms with Crippen LogP contribution in [0, 0.1) is 11.6 Å². The third-order valence-electron chi connectivity index (χ3n) is 6.18. The number of anilines is 1. The zero-order chi connectivity index (χ0) is 25.4. The summed E-state index contributed by atoms with van der Waals surface area (Å²) in [6.45, 7) is 1.29. The molecule has 1 unspecified atom stereocenters. The van der Waals surface area contributed by atoms with Crippen molar-refractivity contribution in [2.24, 2.45) is 0 Å². The lowest BCUT2D eigenvalue weighted by Crippen LogP contribution is -2.49. The molecule has 2 aliphatic rings. The second-order valence-electron chi connectivity index (χ2n) is 8.72. The van der Waals surface area contributed by atoms with E-state index in [1.54, 1.807) is 0 Å². The van der Waals surface area contributed by atoms with E-state index in [1.165, 1.54) is 10.5 Å². The molecule has 1 fully saturated rings. The minimum atomic E-state index is -3.35. The predicted octanol–water partition coefficient (Wildman–Crippen LogP) is 1.97. The molecule has 0 spiro atoms. The van der Waals surface area contributed by atoms with Gasteiger partial charge in [-0.15, -0.1) is 0 Å². The molecule has 1 atom stereocenters. The second kappa shape index (κ2) is 9.51. The van der Waals surface area contributed by atoms with Crippen LogP contribution in [0.1, 0.15) is 5.56 Å². The van der Waals surface area contributed by atoms with Crippen LogP contribution >= 0.6 is 0 Å². The van der Waals surface area contributed by atoms with Gasteiger partial charge in [0.2, 0.25) is 15.8 Å². The standard InChI is InChI=1S/C24H24F2N4O5S/c1-36(32,33)29-8-6-28(7-9-29)21-14-27-30(19-12-17(25)11-18(26)13-19)24(31)23(21)35-20-10-16-4-2-3-5-22(16)34-15-20/h2-5,11-14,20H,6-10,15H2,1H3. The van der Waals surface area contributed by atoms with Crippen molar-refractivity contribution in [3.63, 3.8) is 0 Å². The van der Waals surface area contributed by atoms with Crippen molar-refractivity contribution in [1.82, 2.24) is 14.1 Å². The van der Waals surface area contributed by atoms with Gasteiger partial charge in [0, 0.05) is 38.7 Å². The van der Waals surface area contributed by atoms with Crippen LogP contribution in [0.15, 0.2) is 53.5 Å². The largest absolute Gasteiger partial charge is 0.489 e. The van der Waals surface area contributed by atoms with E-state index in [9.17, 15) is 22.0 Å². The van der Waals surface area contributed by atoms with Crippen molar-refractivity contribution in [3.8, 4) is 17.2 Å². The molecule has 12 heteroatoms. The van der Waals surface area contributed by atoms with Crippen LogP contribution in [0.5, 0.6) is 11.5 Å².